The standard InChI is InChI=1S/C24H22N4O5/c1-13-6-8-15(28(31)32)11-18(13)27-17-4-3-5-20(30)23(17)22(16(12-25)24(27)26)14-7-9-19(29)21(10-14)33-2/h6-11,22,29H,3-5,26H2,1-2H3. The third kappa shape index (κ3) is 3.55. The van der Waals surface area contributed by atoms with E-state index in [9.17, 15) is 25.3 Å². The van der Waals surface area contributed by atoms with Crippen molar-refractivity contribution in [1.82, 2.24) is 0 Å². The largest absolute Gasteiger partial charge is 0.504 e. The molecule has 1 heterocycles. The number of benzene rings is 2. The van der Waals surface area contributed by atoms with Crippen molar-refractivity contribution in [2.75, 3.05) is 12.0 Å². The highest BCUT2D eigenvalue weighted by molar-refractivity contribution is 6.01. The lowest BCUT2D eigenvalue weighted by Gasteiger charge is -2.40. The van der Waals surface area contributed by atoms with Crippen LogP contribution in [-0.2, 0) is 4.79 Å². The number of carbonyl (C=O) groups is 1. The predicted octanol–water partition coefficient (Wildman–Crippen LogP) is 3.92. The zero-order valence-corrected chi connectivity index (χ0v) is 18.2. The molecule has 0 spiro atoms. The number of ether oxygens (including phenoxy) is 1. The Morgan fingerprint density at radius 1 is 1.27 bits per heavy atom. The smallest absolute Gasteiger partial charge is 0.271 e. The molecule has 0 saturated carbocycles. The summed E-state index contributed by atoms with van der Waals surface area (Å²) in [4.78, 5) is 25.7. The second-order valence-corrected chi connectivity index (χ2v) is 7.98. The van der Waals surface area contributed by atoms with Crippen LogP contribution in [0.1, 0.15) is 36.3 Å². The number of phenolic OH excluding ortho intramolecular Hbond substituents is 1. The Labute approximate surface area is 190 Å². The number of hydrogen-bond donors (Lipinski definition) is 2. The second-order valence-electron chi connectivity index (χ2n) is 7.98. The topological polar surface area (TPSA) is 143 Å². The van der Waals surface area contributed by atoms with Gasteiger partial charge in [0.2, 0.25) is 0 Å². The molecule has 4 rings (SSSR count). The number of nitrogens with zero attached hydrogens (tertiary/aromatic N) is 3. The van der Waals surface area contributed by atoms with Gasteiger partial charge in [0.25, 0.3) is 5.69 Å². The number of nitriles is 1. The van der Waals surface area contributed by atoms with Crippen molar-refractivity contribution in [2.45, 2.75) is 32.1 Å². The molecule has 1 unspecified atom stereocenters. The Bertz CT molecular complexity index is 1290. The average Bonchev–Trinajstić information content (AvgIpc) is 2.79. The van der Waals surface area contributed by atoms with E-state index in [1.165, 1.54) is 25.3 Å². The number of allylic oxidation sites excluding steroid dienone is 3. The van der Waals surface area contributed by atoms with E-state index in [1.54, 1.807) is 30.0 Å². The third-order valence-electron chi connectivity index (χ3n) is 6.09. The van der Waals surface area contributed by atoms with Gasteiger partial charge >= 0.3 is 0 Å². The van der Waals surface area contributed by atoms with Gasteiger partial charge in [-0.15, -0.1) is 0 Å². The van der Waals surface area contributed by atoms with E-state index >= 15 is 0 Å². The number of nitro benzene ring substituents is 1. The van der Waals surface area contributed by atoms with Crippen LogP contribution in [0.4, 0.5) is 11.4 Å². The zero-order valence-electron chi connectivity index (χ0n) is 18.2. The highest BCUT2D eigenvalue weighted by Crippen LogP contribution is 2.48. The number of methoxy groups -OCH3 is 1. The Morgan fingerprint density at radius 3 is 2.70 bits per heavy atom. The maximum atomic E-state index is 13.2. The summed E-state index contributed by atoms with van der Waals surface area (Å²) in [6.07, 6.45) is 1.45. The first-order chi connectivity index (χ1) is 15.8. The number of ketones is 1. The molecule has 3 N–H and O–H groups in total. The van der Waals surface area contributed by atoms with E-state index in [-0.39, 0.29) is 34.4 Å². The highest BCUT2D eigenvalue weighted by atomic mass is 16.6. The van der Waals surface area contributed by atoms with E-state index in [0.29, 0.717) is 41.8 Å². The number of nitrogens with two attached hydrogens (primary N) is 1. The van der Waals surface area contributed by atoms with Gasteiger partial charge in [-0.2, -0.15) is 5.26 Å². The molecule has 1 aliphatic carbocycles. The van der Waals surface area contributed by atoms with E-state index in [0.717, 1.165) is 5.56 Å². The first-order valence-electron chi connectivity index (χ1n) is 10.4. The number of non-ortho nitro benzene ring substituents is 1. The van der Waals surface area contributed by atoms with Gasteiger partial charge in [-0.3, -0.25) is 19.8 Å². The lowest BCUT2D eigenvalue weighted by molar-refractivity contribution is -0.384. The minimum atomic E-state index is -0.734. The number of rotatable bonds is 4. The molecule has 168 valence electrons. The fraction of sp³-hybridized carbons (Fsp3) is 0.250. The number of Topliss-reactive ketones (excluding diaryl/α,β-unsaturated/α-hetero) is 1. The molecule has 0 aromatic heterocycles. The van der Waals surface area contributed by atoms with Crippen LogP contribution in [0.15, 0.2) is 59.1 Å². The molecule has 0 fully saturated rings. The predicted molar refractivity (Wildman–Crippen MR) is 120 cm³/mol. The summed E-state index contributed by atoms with van der Waals surface area (Å²) in [6.45, 7) is 1.79. The second kappa shape index (κ2) is 8.31. The Kier molecular flexibility index (Phi) is 5.52. The van der Waals surface area contributed by atoms with Gasteiger partial charge in [0.05, 0.1) is 35.3 Å². The van der Waals surface area contributed by atoms with Gasteiger partial charge in [0, 0.05) is 29.8 Å². The van der Waals surface area contributed by atoms with Crippen LogP contribution in [-0.4, -0.2) is 22.9 Å². The van der Waals surface area contributed by atoms with Crippen molar-refractivity contribution in [1.29, 1.82) is 5.26 Å². The van der Waals surface area contributed by atoms with E-state index in [4.69, 9.17) is 10.5 Å². The van der Waals surface area contributed by atoms with Crippen LogP contribution in [0, 0.1) is 28.4 Å². The minimum Gasteiger partial charge on any atom is -0.504 e. The summed E-state index contributed by atoms with van der Waals surface area (Å²) >= 11 is 0. The lowest BCUT2D eigenvalue weighted by atomic mass is 9.75. The first-order valence-corrected chi connectivity index (χ1v) is 10.4. The molecule has 2 aromatic carbocycles. The summed E-state index contributed by atoms with van der Waals surface area (Å²) in [5.74, 6) is -0.577. The number of aromatic hydroxyl groups is 1. The molecule has 33 heavy (non-hydrogen) atoms. The Hall–Kier alpha value is -4.32. The van der Waals surface area contributed by atoms with Crippen molar-refractivity contribution in [3.8, 4) is 17.6 Å². The van der Waals surface area contributed by atoms with Gasteiger partial charge in [-0.25, -0.2) is 0 Å². The number of phenols is 1. The Morgan fingerprint density at radius 2 is 2.03 bits per heavy atom. The summed E-state index contributed by atoms with van der Waals surface area (Å²) in [7, 11) is 1.42. The van der Waals surface area contributed by atoms with Gasteiger partial charge in [0.15, 0.2) is 17.3 Å². The van der Waals surface area contributed by atoms with Gasteiger partial charge in [-0.1, -0.05) is 12.1 Å². The normalized spacial score (nSPS) is 18.2. The van der Waals surface area contributed by atoms with E-state index in [1.807, 2.05) is 0 Å². The summed E-state index contributed by atoms with van der Waals surface area (Å²) < 4.78 is 5.22. The molecular formula is C24H22N4O5. The number of nitro groups is 1. The summed E-state index contributed by atoms with van der Waals surface area (Å²) in [5, 5.41) is 31.5. The molecular weight excluding hydrogens is 424 g/mol. The molecule has 0 bridgehead atoms. The van der Waals surface area contributed by atoms with Crippen molar-refractivity contribution in [3.05, 3.63) is 80.3 Å². The van der Waals surface area contributed by atoms with Crippen molar-refractivity contribution in [3.63, 3.8) is 0 Å². The lowest BCUT2D eigenvalue weighted by Crippen LogP contribution is -2.39. The Balaban J connectivity index is 1.99. The fourth-order valence-electron chi connectivity index (χ4n) is 4.52. The maximum absolute atomic E-state index is 13.2. The quantitative estimate of drug-likeness (QED) is 0.531. The van der Waals surface area contributed by atoms with Crippen molar-refractivity contribution in [2.24, 2.45) is 5.73 Å². The zero-order chi connectivity index (χ0) is 23.9. The molecule has 1 aliphatic heterocycles. The van der Waals surface area contributed by atoms with E-state index < -0.39 is 10.8 Å². The molecule has 1 atom stereocenters. The van der Waals surface area contributed by atoms with Crippen LogP contribution < -0.4 is 15.4 Å². The average molecular weight is 446 g/mol. The molecule has 2 aliphatic rings. The molecule has 0 amide bonds. The maximum Gasteiger partial charge on any atom is 0.271 e. The number of aryl methyl sites for hydroxylation is 1. The monoisotopic (exact) mass is 446 g/mol. The number of anilines is 1. The first kappa shape index (κ1) is 21.9. The van der Waals surface area contributed by atoms with E-state index in [2.05, 4.69) is 6.07 Å². The van der Waals surface area contributed by atoms with Crippen molar-refractivity contribution < 1.29 is 19.6 Å². The molecule has 0 saturated heterocycles. The molecule has 9 nitrogen and oxygen atoms in total. The van der Waals surface area contributed by atoms with Crippen LogP contribution in [0.2, 0.25) is 0 Å². The van der Waals surface area contributed by atoms with Gasteiger partial charge < -0.3 is 15.6 Å². The highest BCUT2D eigenvalue weighted by Gasteiger charge is 2.41. The van der Waals surface area contributed by atoms with Crippen LogP contribution in [0.25, 0.3) is 0 Å². The van der Waals surface area contributed by atoms with Crippen molar-refractivity contribution >= 4 is 17.2 Å². The van der Waals surface area contributed by atoms with Crippen LogP contribution in [0.5, 0.6) is 11.5 Å². The van der Waals surface area contributed by atoms with Gasteiger partial charge in [-0.05, 0) is 43.0 Å². The number of carbonyl (C=O) groups excluding carboxylic acids is 1. The molecule has 0 radical (unpaired) electrons. The fourth-order valence-corrected chi connectivity index (χ4v) is 4.52. The van der Waals surface area contributed by atoms with Gasteiger partial charge in [0.1, 0.15) is 5.82 Å². The number of hydrogen-bond acceptors (Lipinski definition) is 8. The van der Waals surface area contributed by atoms with Crippen LogP contribution >= 0.6 is 0 Å². The molecule has 2 aromatic rings. The summed E-state index contributed by atoms with van der Waals surface area (Å²) in [5.41, 5.74) is 9.39. The van der Waals surface area contributed by atoms with Crippen LogP contribution in [0.3, 0.4) is 0 Å². The SMILES string of the molecule is COc1cc(C2C(C#N)=C(N)N(c3cc([N+](=O)[O-])ccc3C)C3=C2C(=O)CCC3)ccc1O. The minimum absolute atomic E-state index is 0.0643. The summed E-state index contributed by atoms with van der Waals surface area (Å²) in [6, 6.07) is 11.3. The molecule has 9 heteroatoms. The third-order valence-corrected chi connectivity index (χ3v) is 6.09.